The molecule has 0 unspecified atom stereocenters. The molecule has 0 saturated carbocycles. The molecule has 260 valence electrons. The molecule has 0 fully saturated rings. The number of rotatable bonds is 3. The minimum Gasteiger partial charge on any atom is -0.309 e. The normalized spacial score (nSPS) is 12.6. The van der Waals surface area contributed by atoms with Gasteiger partial charge in [0.25, 0.3) is 0 Å². The SMILES string of the molecule is c1ccc(N2c3ccccc3-c3nc(-n4c5ccccc5c5ccc6c7ccccc7n(-c7ccc8c(c7)sc7ccccc78)c6c54)nc4cccc2c34)cc1. The molecule has 0 N–H and O–H groups in total. The topological polar surface area (TPSA) is 38.9 Å². The lowest BCUT2D eigenvalue weighted by molar-refractivity contribution is 1.01. The summed E-state index contributed by atoms with van der Waals surface area (Å²) in [4.78, 5) is 13.4. The zero-order valence-electron chi connectivity index (χ0n) is 29.9. The molecule has 0 amide bonds. The van der Waals surface area contributed by atoms with Crippen LogP contribution in [0.5, 0.6) is 0 Å². The summed E-state index contributed by atoms with van der Waals surface area (Å²) in [6.45, 7) is 0. The molecule has 0 aliphatic carbocycles. The Kier molecular flexibility index (Phi) is 5.98. The molecule has 5 nitrogen and oxygen atoms in total. The van der Waals surface area contributed by atoms with Crippen molar-refractivity contribution in [2.24, 2.45) is 0 Å². The number of hydrogen-bond acceptors (Lipinski definition) is 4. The zero-order chi connectivity index (χ0) is 36.5. The Hall–Kier alpha value is -7.28. The maximum absolute atomic E-state index is 5.59. The molecule has 0 bridgehead atoms. The Morgan fingerprint density at radius 2 is 1.04 bits per heavy atom. The Morgan fingerprint density at radius 1 is 0.411 bits per heavy atom. The highest BCUT2D eigenvalue weighted by Gasteiger charge is 2.29. The van der Waals surface area contributed by atoms with Crippen molar-refractivity contribution in [3.63, 3.8) is 0 Å². The van der Waals surface area contributed by atoms with Crippen LogP contribution in [0.25, 0.3) is 97.6 Å². The van der Waals surface area contributed by atoms with Gasteiger partial charge in [0.15, 0.2) is 0 Å². The second-order valence-electron chi connectivity index (χ2n) is 14.6. The van der Waals surface area contributed by atoms with Gasteiger partial charge < -0.3 is 9.47 Å². The van der Waals surface area contributed by atoms with Gasteiger partial charge in [-0.05, 0) is 60.7 Å². The molecular formula is C50H29N5S. The van der Waals surface area contributed by atoms with Crippen LogP contribution in [-0.2, 0) is 0 Å². The molecule has 0 spiro atoms. The largest absolute Gasteiger partial charge is 0.309 e. The van der Waals surface area contributed by atoms with Crippen molar-refractivity contribution in [3.05, 3.63) is 176 Å². The number of para-hydroxylation sites is 4. The molecule has 1 aliphatic heterocycles. The lowest BCUT2D eigenvalue weighted by Crippen LogP contribution is -2.16. The Morgan fingerprint density at radius 3 is 1.86 bits per heavy atom. The van der Waals surface area contributed by atoms with E-state index in [1.54, 1.807) is 0 Å². The van der Waals surface area contributed by atoms with Gasteiger partial charge in [-0.2, -0.15) is 0 Å². The predicted octanol–water partition coefficient (Wildman–Crippen LogP) is 13.6. The molecule has 0 saturated heterocycles. The molecule has 13 rings (SSSR count). The summed E-state index contributed by atoms with van der Waals surface area (Å²) in [5.41, 5.74) is 11.8. The number of benzene rings is 8. The molecule has 56 heavy (non-hydrogen) atoms. The summed E-state index contributed by atoms with van der Waals surface area (Å²) in [6.07, 6.45) is 0. The third kappa shape index (κ3) is 3.98. The van der Waals surface area contributed by atoms with Crippen molar-refractivity contribution in [1.82, 2.24) is 19.1 Å². The van der Waals surface area contributed by atoms with Gasteiger partial charge in [0.05, 0.1) is 50.0 Å². The van der Waals surface area contributed by atoms with E-state index in [0.29, 0.717) is 5.95 Å². The second kappa shape index (κ2) is 11.1. The number of hydrogen-bond donors (Lipinski definition) is 0. The fourth-order valence-corrected chi connectivity index (χ4v) is 10.5. The van der Waals surface area contributed by atoms with Crippen LogP contribution in [0.15, 0.2) is 176 Å². The summed E-state index contributed by atoms with van der Waals surface area (Å²) in [5.74, 6) is 0.656. The maximum Gasteiger partial charge on any atom is 0.235 e. The van der Waals surface area contributed by atoms with E-state index in [1.807, 2.05) is 11.3 Å². The van der Waals surface area contributed by atoms with E-state index >= 15 is 0 Å². The van der Waals surface area contributed by atoms with Gasteiger partial charge in [-0.3, -0.25) is 4.57 Å². The standard InChI is InChI=1S/C50H29N5S/c1-2-13-30(14-3-1)53-42-22-10-6-18-38(42)47-46-39(19-12-23-43(46)53)51-50(52-47)55-41-21-9-5-16-33(41)37-28-27-36-32-15-4-8-20-40(32)54(48(36)49(37)55)31-25-26-35-34-17-7-11-24-44(34)56-45(35)29-31/h1-29H. The van der Waals surface area contributed by atoms with E-state index in [4.69, 9.17) is 9.97 Å². The van der Waals surface area contributed by atoms with E-state index in [9.17, 15) is 0 Å². The van der Waals surface area contributed by atoms with Crippen LogP contribution in [0.2, 0.25) is 0 Å². The summed E-state index contributed by atoms with van der Waals surface area (Å²) in [6, 6.07) is 63.4. The lowest BCUT2D eigenvalue weighted by atomic mass is 9.96. The lowest BCUT2D eigenvalue weighted by Gasteiger charge is -2.32. The van der Waals surface area contributed by atoms with Crippen LogP contribution in [0.4, 0.5) is 17.1 Å². The molecular weight excluding hydrogens is 703 g/mol. The number of anilines is 3. The van der Waals surface area contributed by atoms with Crippen LogP contribution >= 0.6 is 11.3 Å². The third-order valence-electron chi connectivity index (χ3n) is 11.6. The second-order valence-corrected chi connectivity index (χ2v) is 15.7. The van der Waals surface area contributed by atoms with Crippen LogP contribution in [0, 0.1) is 0 Å². The van der Waals surface area contributed by atoms with Crippen LogP contribution in [0.3, 0.4) is 0 Å². The third-order valence-corrected chi connectivity index (χ3v) is 12.8. The highest BCUT2D eigenvalue weighted by atomic mass is 32.1. The van der Waals surface area contributed by atoms with Gasteiger partial charge in [-0.1, -0.05) is 115 Å². The highest BCUT2D eigenvalue weighted by Crippen LogP contribution is 2.50. The first-order chi connectivity index (χ1) is 27.8. The molecule has 12 aromatic rings. The fraction of sp³-hybridized carbons (Fsp3) is 0. The predicted molar refractivity (Wildman–Crippen MR) is 235 cm³/mol. The van der Waals surface area contributed by atoms with Gasteiger partial charge in [0.1, 0.15) is 0 Å². The van der Waals surface area contributed by atoms with Gasteiger partial charge in [-0.15, -0.1) is 11.3 Å². The van der Waals surface area contributed by atoms with E-state index < -0.39 is 0 Å². The minimum atomic E-state index is 0.656. The quantitative estimate of drug-likeness (QED) is 0.182. The van der Waals surface area contributed by atoms with Crippen LogP contribution in [-0.4, -0.2) is 19.1 Å². The summed E-state index contributed by atoms with van der Waals surface area (Å²) >= 11 is 1.85. The number of aromatic nitrogens is 4. The molecule has 1 aliphatic rings. The summed E-state index contributed by atoms with van der Waals surface area (Å²) in [5, 5.41) is 8.39. The summed E-state index contributed by atoms with van der Waals surface area (Å²) < 4.78 is 7.36. The van der Waals surface area contributed by atoms with E-state index in [0.717, 1.165) is 61.5 Å². The minimum absolute atomic E-state index is 0.656. The van der Waals surface area contributed by atoms with Crippen molar-refractivity contribution in [2.45, 2.75) is 0 Å². The smallest absolute Gasteiger partial charge is 0.235 e. The summed E-state index contributed by atoms with van der Waals surface area (Å²) in [7, 11) is 0. The Balaban J connectivity index is 1.16. The van der Waals surface area contributed by atoms with Crippen LogP contribution < -0.4 is 4.90 Å². The average Bonchev–Trinajstić information content (AvgIpc) is 3.91. The van der Waals surface area contributed by atoms with Crippen molar-refractivity contribution in [2.75, 3.05) is 4.90 Å². The first-order valence-corrected chi connectivity index (χ1v) is 19.7. The number of thiophene rings is 1. The average molecular weight is 732 g/mol. The van der Waals surface area contributed by atoms with Gasteiger partial charge in [0, 0.05) is 58.7 Å². The highest BCUT2D eigenvalue weighted by molar-refractivity contribution is 7.25. The van der Waals surface area contributed by atoms with Crippen molar-refractivity contribution in [1.29, 1.82) is 0 Å². The first kappa shape index (κ1) is 30.1. The maximum atomic E-state index is 5.59. The van der Waals surface area contributed by atoms with E-state index in [2.05, 4.69) is 190 Å². The van der Waals surface area contributed by atoms with Crippen molar-refractivity contribution < 1.29 is 0 Å². The first-order valence-electron chi connectivity index (χ1n) is 18.9. The van der Waals surface area contributed by atoms with E-state index in [-0.39, 0.29) is 0 Å². The Bertz CT molecular complexity index is 3610. The van der Waals surface area contributed by atoms with Crippen LogP contribution in [0.1, 0.15) is 0 Å². The van der Waals surface area contributed by atoms with Gasteiger partial charge in [-0.25, -0.2) is 9.97 Å². The molecule has 8 aromatic carbocycles. The number of fused-ring (bicyclic) bond motifs is 12. The molecule has 5 heterocycles. The molecule has 0 atom stereocenters. The molecule has 4 aromatic heterocycles. The Labute approximate surface area is 324 Å². The number of nitrogens with zero attached hydrogens (tertiary/aromatic N) is 5. The van der Waals surface area contributed by atoms with Crippen molar-refractivity contribution >= 4 is 103 Å². The van der Waals surface area contributed by atoms with Gasteiger partial charge in [0.2, 0.25) is 5.95 Å². The zero-order valence-corrected chi connectivity index (χ0v) is 30.7. The van der Waals surface area contributed by atoms with Crippen molar-refractivity contribution in [3.8, 4) is 22.9 Å². The molecule has 0 radical (unpaired) electrons. The molecule has 6 heteroatoms. The van der Waals surface area contributed by atoms with Gasteiger partial charge >= 0.3 is 0 Å². The fourth-order valence-electron chi connectivity index (χ4n) is 9.32. The monoisotopic (exact) mass is 731 g/mol. The van der Waals surface area contributed by atoms with E-state index in [1.165, 1.54) is 47.2 Å².